The Bertz CT molecular complexity index is 985. The Morgan fingerprint density at radius 3 is 2.50 bits per heavy atom. The second kappa shape index (κ2) is 7.35. The van der Waals surface area contributed by atoms with Crippen molar-refractivity contribution in [1.29, 1.82) is 0 Å². The molecule has 0 spiro atoms. The lowest BCUT2D eigenvalue weighted by molar-refractivity contribution is -0.122. The number of barbiturate groups is 1. The molecule has 2 N–H and O–H groups in total. The van der Waals surface area contributed by atoms with E-state index in [1.807, 2.05) is 22.6 Å². The highest BCUT2D eigenvalue weighted by Gasteiger charge is 2.37. The van der Waals surface area contributed by atoms with E-state index in [9.17, 15) is 19.5 Å². The molecule has 1 aliphatic heterocycles. The minimum absolute atomic E-state index is 0.0292. The minimum Gasteiger partial charge on any atom is -0.506 e. The average molecular weight is 574 g/mol. The molecule has 0 saturated carbocycles. The Morgan fingerprint density at radius 2 is 1.81 bits per heavy atom. The first-order chi connectivity index (χ1) is 12.3. The molecule has 26 heavy (non-hydrogen) atoms. The zero-order valence-corrected chi connectivity index (χ0v) is 17.7. The van der Waals surface area contributed by atoms with Crippen molar-refractivity contribution in [2.24, 2.45) is 0 Å². The molecule has 4 amide bonds. The summed E-state index contributed by atoms with van der Waals surface area (Å²) in [6.45, 7) is 1.77. The number of hydrogen-bond acceptors (Lipinski definition) is 4. The van der Waals surface area contributed by atoms with Crippen LogP contribution in [0.4, 0.5) is 10.5 Å². The molecular formula is C18H12I2N2O4. The van der Waals surface area contributed by atoms with Crippen LogP contribution in [0.5, 0.6) is 5.75 Å². The zero-order chi connectivity index (χ0) is 19.0. The van der Waals surface area contributed by atoms with E-state index in [2.05, 4.69) is 27.9 Å². The quantitative estimate of drug-likeness (QED) is 0.327. The molecule has 0 aromatic heterocycles. The Labute approximate surface area is 176 Å². The molecule has 132 valence electrons. The monoisotopic (exact) mass is 574 g/mol. The van der Waals surface area contributed by atoms with Crippen LogP contribution in [0.3, 0.4) is 0 Å². The number of amides is 4. The van der Waals surface area contributed by atoms with Crippen LogP contribution in [0.25, 0.3) is 6.08 Å². The van der Waals surface area contributed by atoms with Gasteiger partial charge in [0.15, 0.2) is 0 Å². The van der Waals surface area contributed by atoms with E-state index in [1.165, 1.54) is 6.08 Å². The van der Waals surface area contributed by atoms with Crippen molar-refractivity contribution in [2.75, 3.05) is 4.90 Å². The van der Waals surface area contributed by atoms with Gasteiger partial charge in [0.25, 0.3) is 11.8 Å². The van der Waals surface area contributed by atoms with Crippen molar-refractivity contribution in [3.05, 3.63) is 60.2 Å². The van der Waals surface area contributed by atoms with Crippen LogP contribution < -0.4 is 10.2 Å². The second-order valence-electron chi connectivity index (χ2n) is 5.57. The highest BCUT2D eigenvalue weighted by molar-refractivity contribution is 14.1. The average Bonchev–Trinajstić information content (AvgIpc) is 2.57. The smallest absolute Gasteiger partial charge is 0.335 e. The number of urea groups is 1. The number of carbonyl (C=O) groups excluding carboxylic acids is 3. The predicted molar refractivity (Wildman–Crippen MR) is 114 cm³/mol. The number of phenols is 1. The zero-order valence-electron chi connectivity index (χ0n) is 13.4. The van der Waals surface area contributed by atoms with E-state index in [1.54, 1.807) is 43.3 Å². The van der Waals surface area contributed by atoms with E-state index >= 15 is 0 Å². The van der Waals surface area contributed by atoms with E-state index < -0.39 is 17.8 Å². The summed E-state index contributed by atoms with van der Waals surface area (Å²) in [5, 5.41) is 12.4. The molecule has 0 unspecified atom stereocenters. The predicted octanol–water partition coefficient (Wildman–Crippen LogP) is 3.58. The number of imide groups is 2. The fraction of sp³-hybridized carbons (Fsp3) is 0.0556. The van der Waals surface area contributed by atoms with Crippen molar-refractivity contribution in [2.45, 2.75) is 6.92 Å². The highest BCUT2D eigenvalue weighted by Crippen LogP contribution is 2.30. The van der Waals surface area contributed by atoms with Crippen LogP contribution in [-0.2, 0) is 9.59 Å². The maximum atomic E-state index is 12.9. The van der Waals surface area contributed by atoms with Crippen LogP contribution in [-0.4, -0.2) is 23.0 Å². The van der Waals surface area contributed by atoms with E-state index in [-0.39, 0.29) is 11.3 Å². The van der Waals surface area contributed by atoms with Crippen molar-refractivity contribution in [1.82, 2.24) is 5.32 Å². The van der Waals surface area contributed by atoms with Gasteiger partial charge in [-0.25, -0.2) is 9.69 Å². The van der Waals surface area contributed by atoms with Crippen LogP contribution in [0.15, 0.2) is 42.0 Å². The Kier molecular flexibility index (Phi) is 5.32. The number of nitrogens with one attached hydrogen (secondary N) is 1. The first-order valence-electron chi connectivity index (χ1n) is 7.44. The van der Waals surface area contributed by atoms with Gasteiger partial charge in [-0.15, -0.1) is 0 Å². The largest absolute Gasteiger partial charge is 0.506 e. The summed E-state index contributed by atoms with van der Waals surface area (Å²) in [6, 6.07) is 9.52. The number of nitrogens with zero attached hydrogens (tertiary/aromatic N) is 1. The molecular weight excluding hydrogens is 562 g/mol. The topological polar surface area (TPSA) is 86.7 Å². The number of benzene rings is 2. The van der Waals surface area contributed by atoms with Gasteiger partial charge in [-0.1, -0.05) is 18.2 Å². The van der Waals surface area contributed by atoms with E-state index in [4.69, 9.17) is 0 Å². The van der Waals surface area contributed by atoms with Gasteiger partial charge < -0.3 is 5.11 Å². The molecule has 1 heterocycles. The summed E-state index contributed by atoms with van der Waals surface area (Å²) in [7, 11) is 0. The first-order valence-corrected chi connectivity index (χ1v) is 9.60. The lowest BCUT2D eigenvalue weighted by Crippen LogP contribution is -2.54. The maximum absolute atomic E-state index is 12.9. The molecule has 0 bridgehead atoms. The van der Waals surface area contributed by atoms with Gasteiger partial charge in [-0.2, -0.15) is 0 Å². The first kappa shape index (κ1) is 18.8. The summed E-state index contributed by atoms with van der Waals surface area (Å²) < 4.78 is 1.43. The van der Waals surface area contributed by atoms with Crippen molar-refractivity contribution >= 4 is 74.8 Å². The molecule has 1 aliphatic rings. The number of rotatable bonds is 2. The third kappa shape index (κ3) is 3.47. The molecule has 2 aromatic carbocycles. The molecule has 2 aromatic rings. The van der Waals surface area contributed by atoms with Crippen LogP contribution in [0.2, 0.25) is 0 Å². The molecule has 6 nitrogen and oxygen atoms in total. The number of para-hydroxylation sites is 1. The summed E-state index contributed by atoms with van der Waals surface area (Å²) >= 11 is 4.05. The molecule has 3 rings (SSSR count). The van der Waals surface area contributed by atoms with Gasteiger partial charge in [0, 0.05) is 9.13 Å². The lowest BCUT2D eigenvalue weighted by atomic mass is 10.1. The fourth-order valence-electron chi connectivity index (χ4n) is 2.54. The summed E-state index contributed by atoms with van der Waals surface area (Å²) in [5.74, 6) is -1.56. The number of anilines is 1. The number of carbonyl (C=O) groups is 3. The van der Waals surface area contributed by atoms with E-state index in [0.29, 0.717) is 14.8 Å². The molecule has 1 saturated heterocycles. The fourth-order valence-corrected chi connectivity index (χ4v) is 4.43. The third-order valence-corrected chi connectivity index (χ3v) is 5.26. The van der Waals surface area contributed by atoms with Gasteiger partial charge in [0.1, 0.15) is 11.3 Å². The second-order valence-corrected chi connectivity index (χ2v) is 7.98. The summed E-state index contributed by atoms with van der Waals surface area (Å²) in [4.78, 5) is 38.3. The molecule has 1 fully saturated rings. The number of aromatic hydroxyl groups is 1. The third-order valence-electron chi connectivity index (χ3n) is 3.82. The molecule has 8 heteroatoms. The molecule has 0 atom stereocenters. The van der Waals surface area contributed by atoms with Crippen molar-refractivity contribution in [3.8, 4) is 5.75 Å². The Morgan fingerprint density at radius 1 is 1.12 bits per heavy atom. The van der Waals surface area contributed by atoms with Gasteiger partial charge in [-0.3, -0.25) is 14.9 Å². The SMILES string of the molecule is Cc1ccccc1N1C(=O)NC(=O)/C(=C/c2cc(I)cc(I)c2O)C1=O. The number of hydrogen-bond donors (Lipinski definition) is 2. The maximum Gasteiger partial charge on any atom is 0.335 e. The standard InChI is InChI=1S/C18H12I2N2O4/c1-9-4-2-3-5-14(9)22-17(25)12(16(24)21-18(22)26)7-10-6-11(19)8-13(20)15(10)23/h2-8,23H,1H3,(H,21,24,26)/b12-7-. The van der Waals surface area contributed by atoms with Gasteiger partial charge in [0.05, 0.1) is 9.26 Å². The van der Waals surface area contributed by atoms with Gasteiger partial charge >= 0.3 is 6.03 Å². The van der Waals surface area contributed by atoms with Crippen LogP contribution in [0, 0.1) is 14.1 Å². The number of phenolic OH excluding ortho intramolecular Hbond substituents is 1. The van der Waals surface area contributed by atoms with Gasteiger partial charge in [-0.05, 0) is 81.9 Å². The van der Waals surface area contributed by atoms with Crippen molar-refractivity contribution in [3.63, 3.8) is 0 Å². The minimum atomic E-state index is -0.798. The molecule has 0 radical (unpaired) electrons. The normalized spacial score (nSPS) is 16.2. The van der Waals surface area contributed by atoms with Gasteiger partial charge in [0.2, 0.25) is 0 Å². The summed E-state index contributed by atoms with van der Waals surface area (Å²) in [6.07, 6.45) is 1.30. The molecule has 0 aliphatic carbocycles. The Hall–Kier alpha value is -1.95. The van der Waals surface area contributed by atoms with Crippen LogP contribution in [0.1, 0.15) is 11.1 Å². The highest BCUT2D eigenvalue weighted by atomic mass is 127. The van der Waals surface area contributed by atoms with Crippen molar-refractivity contribution < 1.29 is 19.5 Å². The van der Waals surface area contributed by atoms with E-state index in [0.717, 1.165) is 14.0 Å². The summed E-state index contributed by atoms with van der Waals surface area (Å²) in [5.41, 5.74) is 1.23. The number of halogens is 2. The van der Waals surface area contributed by atoms with Crippen LogP contribution >= 0.6 is 45.2 Å². The Balaban J connectivity index is 2.11. The number of aryl methyl sites for hydroxylation is 1. The lowest BCUT2D eigenvalue weighted by Gasteiger charge is -2.27.